The number of hydrogen-bond donors (Lipinski definition) is 2. The zero-order valence-electron chi connectivity index (χ0n) is 6.48. The number of nitrogens with one attached hydrogen (secondary N) is 1. The Morgan fingerprint density at radius 1 is 1.50 bits per heavy atom. The van der Waals surface area contributed by atoms with Crippen molar-refractivity contribution in [2.45, 2.75) is 4.90 Å². The third-order valence-electron chi connectivity index (χ3n) is 1.27. The summed E-state index contributed by atoms with van der Waals surface area (Å²) >= 11 is 0. The second kappa shape index (κ2) is 3.91. The van der Waals surface area contributed by atoms with Crippen LogP contribution >= 0.6 is 17.0 Å². The first-order valence-corrected chi connectivity index (χ1v) is 4.99. The van der Waals surface area contributed by atoms with Crippen LogP contribution < -0.4 is 0 Å². The maximum Gasteiger partial charge on any atom is 0.116 e. The lowest BCUT2D eigenvalue weighted by molar-refractivity contribution is 0.473. The van der Waals surface area contributed by atoms with E-state index in [9.17, 15) is 4.21 Å². The van der Waals surface area contributed by atoms with Gasteiger partial charge in [0.1, 0.15) is 5.75 Å². The second-order valence-corrected chi connectivity index (χ2v) is 4.50. The number of rotatable bonds is 1. The number of phenols is 1. The minimum absolute atomic E-state index is 0. The Morgan fingerprint density at radius 3 is 2.42 bits per heavy atom. The summed E-state index contributed by atoms with van der Waals surface area (Å²) in [6.07, 6.45) is 1.32. The van der Waals surface area contributed by atoms with Crippen molar-refractivity contribution in [2.75, 3.05) is 6.26 Å². The molecule has 0 bridgehead atoms. The first-order valence-electron chi connectivity index (χ1n) is 3.03. The van der Waals surface area contributed by atoms with Crippen LogP contribution in [0, 0.1) is 4.78 Å². The van der Waals surface area contributed by atoms with Crippen molar-refractivity contribution in [3.05, 3.63) is 24.3 Å². The SMILES string of the molecule is Br.CS(=N)(=O)c1cccc(O)c1. The van der Waals surface area contributed by atoms with E-state index in [1.54, 1.807) is 12.1 Å². The summed E-state index contributed by atoms with van der Waals surface area (Å²) in [7, 11) is -2.69. The van der Waals surface area contributed by atoms with Crippen molar-refractivity contribution in [3.8, 4) is 5.75 Å². The van der Waals surface area contributed by atoms with Crippen molar-refractivity contribution < 1.29 is 9.32 Å². The smallest absolute Gasteiger partial charge is 0.116 e. The largest absolute Gasteiger partial charge is 0.508 e. The lowest BCUT2D eigenvalue weighted by Crippen LogP contribution is -1.93. The fourth-order valence-corrected chi connectivity index (χ4v) is 1.41. The third kappa shape index (κ3) is 2.83. The average molecular weight is 252 g/mol. The highest BCUT2D eigenvalue weighted by Crippen LogP contribution is 2.15. The first kappa shape index (κ1) is 11.4. The van der Waals surface area contributed by atoms with Gasteiger partial charge in [-0.25, -0.2) is 8.99 Å². The molecule has 1 atom stereocenters. The molecule has 0 aliphatic heterocycles. The molecule has 1 unspecified atom stereocenters. The van der Waals surface area contributed by atoms with Gasteiger partial charge < -0.3 is 5.11 Å². The van der Waals surface area contributed by atoms with Crippen LogP contribution in [0.1, 0.15) is 0 Å². The Morgan fingerprint density at radius 2 is 2.08 bits per heavy atom. The second-order valence-electron chi connectivity index (χ2n) is 2.34. The van der Waals surface area contributed by atoms with Crippen molar-refractivity contribution in [2.24, 2.45) is 0 Å². The van der Waals surface area contributed by atoms with E-state index in [1.165, 1.54) is 18.4 Å². The molecular weight excluding hydrogens is 242 g/mol. The van der Waals surface area contributed by atoms with E-state index < -0.39 is 9.73 Å². The van der Waals surface area contributed by atoms with Gasteiger partial charge in [-0.2, -0.15) is 0 Å². The Bertz CT molecular complexity index is 361. The number of benzene rings is 1. The van der Waals surface area contributed by atoms with Crippen molar-refractivity contribution in [3.63, 3.8) is 0 Å². The summed E-state index contributed by atoms with van der Waals surface area (Å²) in [6.45, 7) is 0. The third-order valence-corrected chi connectivity index (χ3v) is 2.42. The highest BCUT2D eigenvalue weighted by Gasteiger charge is 2.01. The summed E-state index contributed by atoms with van der Waals surface area (Å²) in [6, 6.07) is 5.96. The zero-order chi connectivity index (χ0) is 8.48. The number of hydrogen-bond acceptors (Lipinski definition) is 3. The summed E-state index contributed by atoms with van der Waals surface area (Å²) < 4.78 is 18.3. The summed E-state index contributed by atoms with van der Waals surface area (Å²) in [4.78, 5) is 0.359. The highest BCUT2D eigenvalue weighted by atomic mass is 79.9. The average Bonchev–Trinajstić information content (AvgIpc) is 1.86. The minimum atomic E-state index is -2.69. The van der Waals surface area contributed by atoms with Gasteiger partial charge in [-0.1, -0.05) is 6.07 Å². The van der Waals surface area contributed by atoms with Crippen molar-refractivity contribution in [1.82, 2.24) is 0 Å². The molecule has 0 radical (unpaired) electrons. The van der Waals surface area contributed by atoms with Crippen LogP contribution in [0.25, 0.3) is 0 Å². The molecule has 0 fully saturated rings. The van der Waals surface area contributed by atoms with E-state index in [4.69, 9.17) is 9.89 Å². The fourth-order valence-electron chi connectivity index (χ4n) is 0.726. The van der Waals surface area contributed by atoms with Crippen LogP contribution in [0.3, 0.4) is 0 Å². The van der Waals surface area contributed by atoms with Crippen LogP contribution in [0.5, 0.6) is 5.75 Å². The van der Waals surface area contributed by atoms with Crippen LogP contribution in [-0.2, 0) is 9.73 Å². The summed E-state index contributed by atoms with van der Waals surface area (Å²) in [5, 5.41) is 8.97. The van der Waals surface area contributed by atoms with Gasteiger partial charge in [0.2, 0.25) is 0 Å². The van der Waals surface area contributed by atoms with Gasteiger partial charge in [-0.3, -0.25) is 0 Å². The quantitative estimate of drug-likeness (QED) is 0.803. The lowest BCUT2D eigenvalue weighted by Gasteiger charge is -1.99. The molecule has 0 amide bonds. The molecule has 0 aliphatic rings. The molecule has 1 rings (SSSR count). The fraction of sp³-hybridized carbons (Fsp3) is 0.143. The lowest BCUT2D eigenvalue weighted by atomic mass is 10.3. The van der Waals surface area contributed by atoms with E-state index in [0.29, 0.717) is 4.90 Å². The number of halogens is 1. The first-order chi connectivity index (χ1) is 5.00. The van der Waals surface area contributed by atoms with Gasteiger partial charge in [-0.05, 0) is 18.2 Å². The topological polar surface area (TPSA) is 61.2 Å². The van der Waals surface area contributed by atoms with Crippen LogP contribution in [0.2, 0.25) is 0 Å². The Balaban J connectivity index is 0.00000121. The van der Waals surface area contributed by atoms with Crippen LogP contribution in [-0.4, -0.2) is 15.6 Å². The van der Waals surface area contributed by atoms with Crippen molar-refractivity contribution in [1.29, 1.82) is 4.78 Å². The Kier molecular flexibility index (Phi) is 3.73. The van der Waals surface area contributed by atoms with E-state index in [-0.39, 0.29) is 22.7 Å². The standard InChI is InChI=1S/C7H9NO2S.BrH/c1-11(8,10)7-4-2-3-6(9)5-7;/h2-5,8-9H,1H3;1H. The molecule has 0 saturated heterocycles. The molecule has 2 N–H and O–H groups in total. The van der Waals surface area contributed by atoms with Gasteiger partial charge in [0.15, 0.2) is 0 Å². The predicted octanol–water partition coefficient (Wildman–Crippen LogP) is 2.01. The molecule has 5 heteroatoms. The molecular formula is C7H10BrNO2S. The van der Waals surface area contributed by atoms with Gasteiger partial charge in [0, 0.05) is 6.26 Å². The molecule has 0 spiro atoms. The number of phenolic OH excluding ortho intramolecular Hbond substituents is 1. The molecule has 0 aromatic heterocycles. The van der Waals surface area contributed by atoms with Gasteiger partial charge in [-0.15, -0.1) is 17.0 Å². The molecule has 0 aliphatic carbocycles. The molecule has 1 aromatic carbocycles. The normalized spacial score (nSPS) is 14.4. The summed E-state index contributed by atoms with van der Waals surface area (Å²) in [5.74, 6) is 0.0457. The van der Waals surface area contributed by atoms with E-state index in [1.807, 2.05) is 0 Å². The van der Waals surface area contributed by atoms with E-state index >= 15 is 0 Å². The highest BCUT2D eigenvalue weighted by molar-refractivity contribution is 8.93. The number of aromatic hydroxyl groups is 1. The van der Waals surface area contributed by atoms with E-state index in [2.05, 4.69) is 0 Å². The Labute approximate surface area is 82.2 Å². The molecule has 0 heterocycles. The Hall–Kier alpha value is -0.550. The van der Waals surface area contributed by atoms with Crippen LogP contribution in [0.4, 0.5) is 0 Å². The van der Waals surface area contributed by atoms with Gasteiger partial charge in [0.05, 0.1) is 14.6 Å². The van der Waals surface area contributed by atoms with Crippen molar-refractivity contribution >= 4 is 26.7 Å². The molecule has 68 valence electrons. The van der Waals surface area contributed by atoms with Gasteiger partial charge in [0.25, 0.3) is 0 Å². The maximum absolute atomic E-state index is 11.1. The van der Waals surface area contributed by atoms with Crippen LogP contribution in [0.15, 0.2) is 29.2 Å². The predicted molar refractivity (Wildman–Crippen MR) is 53.5 cm³/mol. The maximum atomic E-state index is 11.1. The van der Waals surface area contributed by atoms with Gasteiger partial charge >= 0.3 is 0 Å². The molecule has 0 saturated carbocycles. The zero-order valence-corrected chi connectivity index (χ0v) is 9.01. The summed E-state index contributed by atoms with van der Waals surface area (Å²) in [5.41, 5.74) is 0. The van der Waals surface area contributed by atoms with E-state index in [0.717, 1.165) is 0 Å². The molecule has 1 aromatic rings. The minimum Gasteiger partial charge on any atom is -0.508 e. The molecule has 12 heavy (non-hydrogen) atoms. The monoisotopic (exact) mass is 251 g/mol. The molecule has 3 nitrogen and oxygen atoms in total.